The third-order valence-corrected chi connectivity index (χ3v) is 7.34. The van der Waals surface area contributed by atoms with E-state index in [2.05, 4.69) is 21.3 Å². The Kier molecular flexibility index (Phi) is 23.9. The van der Waals surface area contributed by atoms with Gasteiger partial charge in [0.25, 0.3) is 0 Å². The van der Waals surface area contributed by atoms with Crippen molar-refractivity contribution in [2.75, 3.05) is 26.2 Å². The standard InChI is InChI=1S/C29H58N10O7/c30-15-5-1-9-20(36-25(41)19(34)13-14-24(35)40)26(42)37-21(10-2-6-16-31)27(43)38-22(11-3-7-17-32)28(44)39-23(29(45)46)12-4-8-18-33/h19-23H,1-18,30-34H2,(H2,35,40)(H,36,41)(H,37,42)(H,38,43)(H,39,44)(H,45,46)/t19-,20-,21-,22-,23-/m0/s1. The van der Waals surface area contributed by atoms with E-state index >= 15 is 0 Å². The van der Waals surface area contributed by atoms with Crippen molar-refractivity contribution in [2.24, 2.45) is 34.4 Å². The lowest BCUT2D eigenvalue weighted by Gasteiger charge is -2.26. The second-order valence-corrected chi connectivity index (χ2v) is 11.3. The molecule has 0 aromatic rings. The number of nitrogens with one attached hydrogen (secondary N) is 4. The number of primary amides is 1. The summed E-state index contributed by atoms with van der Waals surface area (Å²) in [7, 11) is 0. The Balaban J connectivity index is 5.91. The number of hydrogen-bond donors (Lipinski definition) is 11. The molecule has 5 amide bonds. The van der Waals surface area contributed by atoms with E-state index < -0.39 is 65.7 Å². The molecule has 0 saturated carbocycles. The first-order valence-corrected chi connectivity index (χ1v) is 16.2. The summed E-state index contributed by atoms with van der Waals surface area (Å²) in [6, 6.07) is -5.50. The van der Waals surface area contributed by atoms with Crippen LogP contribution in [0.4, 0.5) is 0 Å². The molecule has 0 aliphatic heterocycles. The zero-order chi connectivity index (χ0) is 34.9. The number of carboxylic acids is 1. The fourth-order valence-electron chi connectivity index (χ4n) is 4.56. The van der Waals surface area contributed by atoms with Gasteiger partial charge in [0.1, 0.15) is 24.2 Å². The molecule has 0 aliphatic carbocycles. The number of amides is 5. The van der Waals surface area contributed by atoms with Crippen molar-refractivity contribution in [2.45, 2.75) is 120 Å². The lowest BCUT2D eigenvalue weighted by atomic mass is 10.0. The number of hydrogen-bond acceptors (Lipinski definition) is 11. The van der Waals surface area contributed by atoms with Crippen LogP contribution < -0.4 is 55.7 Å². The van der Waals surface area contributed by atoms with E-state index in [0.717, 1.165) is 0 Å². The van der Waals surface area contributed by atoms with Gasteiger partial charge in [-0.1, -0.05) is 0 Å². The van der Waals surface area contributed by atoms with Crippen molar-refractivity contribution < 1.29 is 33.9 Å². The molecule has 0 unspecified atom stereocenters. The molecule has 0 aliphatic rings. The van der Waals surface area contributed by atoms with Gasteiger partial charge in [-0.05, 0) is 110 Å². The predicted molar refractivity (Wildman–Crippen MR) is 173 cm³/mol. The van der Waals surface area contributed by atoms with Crippen LogP contribution in [-0.4, -0.2) is 97.0 Å². The SMILES string of the molecule is NCCCC[C@H](NC(=O)[C@H](CCCCN)NC(=O)[C@H](CCCCN)NC(=O)[C@H](CCCCN)NC(=O)[C@@H](N)CCC(N)=O)C(=O)O. The highest BCUT2D eigenvalue weighted by Gasteiger charge is 2.31. The highest BCUT2D eigenvalue weighted by atomic mass is 16.4. The minimum atomic E-state index is -1.21. The van der Waals surface area contributed by atoms with Gasteiger partial charge in [-0.25, -0.2) is 4.79 Å². The summed E-state index contributed by atoms with van der Waals surface area (Å²) < 4.78 is 0. The third-order valence-electron chi connectivity index (χ3n) is 7.34. The summed E-state index contributed by atoms with van der Waals surface area (Å²) >= 11 is 0. The first kappa shape index (κ1) is 42.6. The van der Waals surface area contributed by atoms with Gasteiger partial charge in [-0.2, -0.15) is 0 Å². The van der Waals surface area contributed by atoms with Crippen molar-refractivity contribution in [3.8, 4) is 0 Å². The first-order chi connectivity index (χ1) is 21.9. The van der Waals surface area contributed by atoms with Gasteiger partial charge in [-0.15, -0.1) is 0 Å². The Morgan fingerprint density at radius 1 is 0.478 bits per heavy atom. The molecule has 0 rings (SSSR count). The van der Waals surface area contributed by atoms with Crippen LogP contribution in [0.2, 0.25) is 0 Å². The minimum absolute atomic E-state index is 0.00815. The van der Waals surface area contributed by atoms with Gasteiger partial charge in [0.15, 0.2) is 0 Å². The van der Waals surface area contributed by atoms with Crippen molar-refractivity contribution in [1.29, 1.82) is 0 Å². The molecule has 17 nitrogen and oxygen atoms in total. The van der Waals surface area contributed by atoms with Crippen LogP contribution in [0.1, 0.15) is 89.9 Å². The molecule has 0 bridgehead atoms. The van der Waals surface area contributed by atoms with Crippen molar-refractivity contribution in [1.82, 2.24) is 21.3 Å². The average Bonchev–Trinajstić information content (AvgIpc) is 3.01. The Hall–Kier alpha value is -3.38. The fourth-order valence-corrected chi connectivity index (χ4v) is 4.56. The van der Waals surface area contributed by atoms with Crippen molar-refractivity contribution >= 4 is 35.5 Å². The highest BCUT2D eigenvalue weighted by molar-refractivity contribution is 5.95. The van der Waals surface area contributed by atoms with E-state index in [4.69, 9.17) is 34.4 Å². The van der Waals surface area contributed by atoms with Gasteiger partial charge < -0.3 is 60.8 Å². The van der Waals surface area contributed by atoms with Crippen LogP contribution in [0.3, 0.4) is 0 Å². The van der Waals surface area contributed by atoms with Gasteiger partial charge in [0.05, 0.1) is 6.04 Å². The lowest BCUT2D eigenvalue weighted by Crippen LogP contribution is -2.58. The van der Waals surface area contributed by atoms with E-state index in [-0.39, 0.29) is 38.5 Å². The smallest absolute Gasteiger partial charge is 0.326 e. The third kappa shape index (κ3) is 19.2. The fraction of sp³-hybridized carbons (Fsp3) is 0.793. The van der Waals surface area contributed by atoms with E-state index in [1.54, 1.807) is 0 Å². The maximum absolute atomic E-state index is 13.6. The number of rotatable bonds is 28. The molecule has 0 aromatic heterocycles. The van der Waals surface area contributed by atoms with Gasteiger partial charge in [-0.3, -0.25) is 24.0 Å². The van der Waals surface area contributed by atoms with E-state index in [1.807, 2.05) is 0 Å². The number of nitrogens with two attached hydrogens (primary N) is 6. The number of carbonyl (C=O) groups excluding carboxylic acids is 5. The largest absolute Gasteiger partial charge is 0.480 e. The Bertz CT molecular complexity index is 940. The quantitative estimate of drug-likeness (QED) is 0.0378. The summed E-state index contributed by atoms with van der Waals surface area (Å²) in [6.07, 6.45) is 4.88. The Labute approximate surface area is 271 Å². The normalized spacial score (nSPS) is 14.3. The molecule has 0 saturated heterocycles. The van der Waals surface area contributed by atoms with Crippen LogP contribution in [-0.2, 0) is 28.8 Å². The maximum Gasteiger partial charge on any atom is 0.326 e. The van der Waals surface area contributed by atoms with E-state index in [9.17, 15) is 33.9 Å². The van der Waals surface area contributed by atoms with Gasteiger partial charge >= 0.3 is 5.97 Å². The van der Waals surface area contributed by atoms with Crippen LogP contribution in [0.5, 0.6) is 0 Å². The molecule has 17 heteroatoms. The minimum Gasteiger partial charge on any atom is -0.480 e. The van der Waals surface area contributed by atoms with E-state index in [1.165, 1.54) is 0 Å². The summed E-state index contributed by atoms with van der Waals surface area (Å²) in [4.78, 5) is 75.8. The number of carbonyl (C=O) groups is 6. The molecule has 0 heterocycles. The molecule has 17 N–H and O–H groups in total. The Morgan fingerprint density at radius 3 is 1.09 bits per heavy atom. The molecule has 5 atom stereocenters. The number of unbranched alkanes of at least 4 members (excludes halogenated alkanes) is 4. The van der Waals surface area contributed by atoms with Gasteiger partial charge in [0, 0.05) is 6.42 Å². The molecule has 0 spiro atoms. The summed E-state index contributed by atoms with van der Waals surface area (Å²) in [5, 5.41) is 20.1. The predicted octanol–water partition coefficient (Wildman–Crippen LogP) is -2.88. The Morgan fingerprint density at radius 2 is 0.783 bits per heavy atom. The molecule has 266 valence electrons. The highest BCUT2D eigenvalue weighted by Crippen LogP contribution is 2.09. The average molecular weight is 659 g/mol. The summed E-state index contributed by atoms with van der Waals surface area (Å²) in [5.41, 5.74) is 33.4. The maximum atomic E-state index is 13.6. The van der Waals surface area contributed by atoms with E-state index in [0.29, 0.717) is 77.5 Å². The first-order valence-electron chi connectivity index (χ1n) is 16.2. The molecule has 0 aromatic carbocycles. The van der Waals surface area contributed by atoms with Crippen LogP contribution in [0, 0.1) is 0 Å². The van der Waals surface area contributed by atoms with Crippen LogP contribution in [0.25, 0.3) is 0 Å². The summed E-state index contributed by atoms with van der Waals surface area (Å²) in [6.45, 7) is 1.47. The zero-order valence-electron chi connectivity index (χ0n) is 27.0. The molecular weight excluding hydrogens is 600 g/mol. The van der Waals surface area contributed by atoms with Crippen molar-refractivity contribution in [3.63, 3.8) is 0 Å². The van der Waals surface area contributed by atoms with Gasteiger partial charge in [0.2, 0.25) is 29.5 Å². The van der Waals surface area contributed by atoms with Crippen LogP contribution in [0.15, 0.2) is 0 Å². The zero-order valence-corrected chi connectivity index (χ0v) is 27.0. The second kappa shape index (κ2) is 25.8. The number of aliphatic carboxylic acids is 1. The summed E-state index contributed by atoms with van der Waals surface area (Å²) in [5.74, 6) is -4.45. The molecule has 0 fully saturated rings. The monoisotopic (exact) mass is 658 g/mol. The molecule has 0 radical (unpaired) electrons. The second-order valence-electron chi connectivity index (χ2n) is 11.3. The topological polar surface area (TPSA) is 327 Å². The number of carboxylic acid groups (broad SMARTS) is 1. The molecular formula is C29H58N10O7. The van der Waals surface area contributed by atoms with Crippen LogP contribution >= 0.6 is 0 Å². The lowest BCUT2D eigenvalue weighted by molar-refractivity contribution is -0.142. The van der Waals surface area contributed by atoms with Crippen molar-refractivity contribution in [3.05, 3.63) is 0 Å². The molecule has 46 heavy (non-hydrogen) atoms.